The molecule has 23 heavy (non-hydrogen) atoms. The summed E-state index contributed by atoms with van der Waals surface area (Å²) in [5.41, 5.74) is 0. The Morgan fingerprint density at radius 3 is 2.70 bits per heavy atom. The molecule has 1 aliphatic rings. The Labute approximate surface area is 136 Å². The first kappa shape index (κ1) is 17.3. The van der Waals surface area contributed by atoms with Crippen molar-refractivity contribution in [2.45, 2.75) is 38.4 Å². The minimum absolute atomic E-state index is 0.0255. The van der Waals surface area contributed by atoms with Crippen LogP contribution in [0.3, 0.4) is 0 Å². The van der Waals surface area contributed by atoms with Crippen LogP contribution in [0.4, 0.5) is 4.79 Å². The summed E-state index contributed by atoms with van der Waals surface area (Å²) in [6.07, 6.45) is 7.05. The summed E-state index contributed by atoms with van der Waals surface area (Å²) in [4.78, 5) is 29.5. The molecule has 0 aromatic carbocycles. The van der Waals surface area contributed by atoms with Gasteiger partial charge in [-0.15, -0.1) is 0 Å². The second kappa shape index (κ2) is 8.52. The number of likely N-dealkylation sites (N-methyl/N-ethyl adjacent to an activating group) is 1. The molecular formula is C15H26N6O2. The summed E-state index contributed by atoms with van der Waals surface area (Å²) >= 11 is 0. The highest BCUT2D eigenvalue weighted by Crippen LogP contribution is 2.09. The molecule has 2 rings (SSSR count). The van der Waals surface area contributed by atoms with E-state index in [1.165, 1.54) is 0 Å². The van der Waals surface area contributed by atoms with Crippen molar-refractivity contribution in [3.63, 3.8) is 0 Å². The van der Waals surface area contributed by atoms with Crippen LogP contribution in [0.1, 0.15) is 19.8 Å². The van der Waals surface area contributed by atoms with Crippen LogP contribution in [0.25, 0.3) is 0 Å². The summed E-state index contributed by atoms with van der Waals surface area (Å²) in [5, 5.41) is 8.59. The second-order valence-electron chi connectivity index (χ2n) is 6.00. The number of hydrogen-bond donors (Lipinski definition) is 3. The second-order valence-corrected chi connectivity index (χ2v) is 6.00. The zero-order valence-electron chi connectivity index (χ0n) is 13.8. The van der Waals surface area contributed by atoms with Crippen LogP contribution in [0.15, 0.2) is 18.7 Å². The number of rotatable bonds is 6. The average molecular weight is 322 g/mol. The minimum Gasteiger partial charge on any atom is -0.358 e. The standard InChI is InChI=1S/C15H26N6O2/c1-12(9-21-8-5-17-11-21)18-15(23)19-13-3-6-20(7-4-13)10-14(22)16-2/h5,8,11-13H,3-4,6-7,9-10H2,1-2H3,(H,16,22)(H2,18,19,23). The van der Waals surface area contributed by atoms with E-state index in [1.807, 2.05) is 17.7 Å². The number of imidazole rings is 1. The highest BCUT2D eigenvalue weighted by molar-refractivity contribution is 5.77. The van der Waals surface area contributed by atoms with E-state index in [0.717, 1.165) is 25.9 Å². The van der Waals surface area contributed by atoms with Gasteiger partial charge in [-0.25, -0.2) is 9.78 Å². The van der Waals surface area contributed by atoms with Gasteiger partial charge in [0.05, 0.1) is 12.9 Å². The van der Waals surface area contributed by atoms with Gasteiger partial charge >= 0.3 is 6.03 Å². The Bertz CT molecular complexity index is 496. The fraction of sp³-hybridized carbons (Fsp3) is 0.667. The molecule has 1 aliphatic heterocycles. The predicted molar refractivity (Wildman–Crippen MR) is 86.9 cm³/mol. The molecule has 1 fully saturated rings. The van der Waals surface area contributed by atoms with E-state index in [-0.39, 0.29) is 24.0 Å². The van der Waals surface area contributed by atoms with E-state index < -0.39 is 0 Å². The Kier molecular flexibility index (Phi) is 6.40. The van der Waals surface area contributed by atoms with Gasteiger partial charge in [0, 0.05) is 51.2 Å². The zero-order chi connectivity index (χ0) is 16.7. The van der Waals surface area contributed by atoms with Crippen LogP contribution in [-0.4, -0.2) is 65.2 Å². The fourth-order valence-electron chi connectivity index (χ4n) is 2.73. The van der Waals surface area contributed by atoms with Crippen LogP contribution in [0.5, 0.6) is 0 Å². The summed E-state index contributed by atoms with van der Waals surface area (Å²) in [7, 11) is 1.64. The lowest BCUT2D eigenvalue weighted by atomic mass is 10.1. The molecule has 3 amide bonds. The zero-order valence-corrected chi connectivity index (χ0v) is 13.8. The number of aromatic nitrogens is 2. The molecule has 0 bridgehead atoms. The molecule has 1 aromatic rings. The van der Waals surface area contributed by atoms with Crippen LogP contribution in [-0.2, 0) is 11.3 Å². The van der Waals surface area contributed by atoms with Gasteiger partial charge in [-0.1, -0.05) is 0 Å². The maximum absolute atomic E-state index is 12.0. The third-order valence-corrected chi connectivity index (χ3v) is 3.99. The van der Waals surface area contributed by atoms with Gasteiger partial charge in [0.1, 0.15) is 0 Å². The Morgan fingerprint density at radius 2 is 2.09 bits per heavy atom. The highest BCUT2D eigenvalue weighted by atomic mass is 16.2. The first-order chi connectivity index (χ1) is 11.1. The monoisotopic (exact) mass is 322 g/mol. The summed E-state index contributed by atoms with van der Waals surface area (Å²) in [5.74, 6) is 0.0301. The van der Waals surface area contributed by atoms with Gasteiger partial charge in [0.2, 0.25) is 5.91 Å². The van der Waals surface area contributed by atoms with Crippen molar-refractivity contribution in [2.75, 3.05) is 26.7 Å². The number of amides is 3. The Morgan fingerprint density at radius 1 is 1.35 bits per heavy atom. The lowest BCUT2D eigenvalue weighted by Gasteiger charge is -2.32. The fourth-order valence-corrected chi connectivity index (χ4v) is 2.73. The first-order valence-electron chi connectivity index (χ1n) is 8.02. The van der Waals surface area contributed by atoms with Crippen molar-refractivity contribution in [1.82, 2.24) is 30.4 Å². The molecule has 8 nitrogen and oxygen atoms in total. The molecule has 1 aromatic heterocycles. The van der Waals surface area contributed by atoms with Crippen LogP contribution < -0.4 is 16.0 Å². The van der Waals surface area contributed by atoms with E-state index in [4.69, 9.17) is 0 Å². The highest BCUT2D eigenvalue weighted by Gasteiger charge is 2.22. The molecule has 2 heterocycles. The Balaban J connectivity index is 1.65. The molecule has 0 aliphatic carbocycles. The largest absolute Gasteiger partial charge is 0.358 e. The van der Waals surface area contributed by atoms with Crippen molar-refractivity contribution in [2.24, 2.45) is 0 Å². The van der Waals surface area contributed by atoms with E-state index in [0.29, 0.717) is 13.1 Å². The van der Waals surface area contributed by atoms with Crippen LogP contribution in [0.2, 0.25) is 0 Å². The third kappa shape index (κ3) is 5.90. The molecule has 1 saturated heterocycles. The maximum Gasteiger partial charge on any atom is 0.315 e. The lowest BCUT2D eigenvalue weighted by molar-refractivity contribution is -0.122. The van der Waals surface area contributed by atoms with Crippen molar-refractivity contribution < 1.29 is 9.59 Å². The molecule has 0 saturated carbocycles. The molecular weight excluding hydrogens is 296 g/mol. The maximum atomic E-state index is 12.0. The van der Waals surface area contributed by atoms with Crippen molar-refractivity contribution in [3.8, 4) is 0 Å². The number of piperidine rings is 1. The minimum atomic E-state index is -0.137. The topological polar surface area (TPSA) is 91.3 Å². The molecule has 0 spiro atoms. The number of likely N-dealkylation sites (tertiary alicyclic amines) is 1. The predicted octanol–water partition coefficient (Wildman–Crippen LogP) is -0.219. The smallest absolute Gasteiger partial charge is 0.315 e. The van der Waals surface area contributed by atoms with Crippen molar-refractivity contribution in [3.05, 3.63) is 18.7 Å². The van der Waals surface area contributed by atoms with E-state index >= 15 is 0 Å². The van der Waals surface area contributed by atoms with Gasteiger partial charge in [-0.2, -0.15) is 0 Å². The SMILES string of the molecule is CNC(=O)CN1CCC(NC(=O)NC(C)Cn2ccnc2)CC1. The number of hydrogen-bond acceptors (Lipinski definition) is 4. The lowest BCUT2D eigenvalue weighted by Crippen LogP contribution is -2.51. The van der Waals surface area contributed by atoms with Crippen molar-refractivity contribution >= 4 is 11.9 Å². The van der Waals surface area contributed by atoms with Gasteiger partial charge in [-0.3, -0.25) is 9.69 Å². The van der Waals surface area contributed by atoms with Gasteiger partial charge in [-0.05, 0) is 19.8 Å². The third-order valence-electron chi connectivity index (χ3n) is 3.99. The summed E-state index contributed by atoms with van der Waals surface area (Å²) < 4.78 is 1.93. The number of carbonyl (C=O) groups excluding carboxylic acids is 2. The molecule has 8 heteroatoms. The molecule has 128 valence electrons. The Hall–Kier alpha value is -2.09. The summed E-state index contributed by atoms with van der Waals surface area (Å²) in [6, 6.07) is 0.0521. The van der Waals surface area contributed by atoms with Gasteiger partial charge in [0.25, 0.3) is 0 Å². The van der Waals surface area contributed by atoms with Crippen LogP contribution in [0, 0.1) is 0 Å². The van der Waals surface area contributed by atoms with E-state index in [9.17, 15) is 9.59 Å². The molecule has 3 N–H and O–H groups in total. The quantitative estimate of drug-likeness (QED) is 0.675. The van der Waals surface area contributed by atoms with Gasteiger partial charge in [0.15, 0.2) is 0 Å². The number of urea groups is 1. The summed E-state index contributed by atoms with van der Waals surface area (Å²) in [6.45, 7) is 4.73. The normalized spacial score (nSPS) is 17.5. The van der Waals surface area contributed by atoms with E-state index in [1.54, 1.807) is 19.6 Å². The number of nitrogens with one attached hydrogen (secondary N) is 3. The number of carbonyl (C=O) groups is 2. The molecule has 0 radical (unpaired) electrons. The number of nitrogens with zero attached hydrogens (tertiary/aromatic N) is 3. The van der Waals surface area contributed by atoms with Crippen molar-refractivity contribution in [1.29, 1.82) is 0 Å². The van der Waals surface area contributed by atoms with E-state index in [2.05, 4.69) is 25.8 Å². The van der Waals surface area contributed by atoms with Gasteiger partial charge < -0.3 is 20.5 Å². The van der Waals surface area contributed by atoms with Crippen LogP contribution >= 0.6 is 0 Å². The molecule has 1 atom stereocenters. The molecule has 1 unspecified atom stereocenters. The average Bonchev–Trinajstić information content (AvgIpc) is 3.01. The first-order valence-corrected chi connectivity index (χ1v) is 8.02.